The van der Waals surface area contributed by atoms with E-state index in [-0.39, 0.29) is 17.4 Å². The van der Waals surface area contributed by atoms with Gasteiger partial charge in [-0.15, -0.1) is 0 Å². The lowest BCUT2D eigenvalue weighted by Gasteiger charge is -2.28. The van der Waals surface area contributed by atoms with Gasteiger partial charge < -0.3 is 18.9 Å². The van der Waals surface area contributed by atoms with Gasteiger partial charge in [0.1, 0.15) is 17.1 Å². The van der Waals surface area contributed by atoms with Gasteiger partial charge in [-0.1, -0.05) is 6.92 Å². The fourth-order valence-electron chi connectivity index (χ4n) is 3.47. The molecule has 0 aliphatic carbocycles. The fraction of sp³-hybridized carbons (Fsp3) is 0.346. The number of rotatable bonds is 10. The largest absolute Gasteiger partial charge is 0.494 e. The summed E-state index contributed by atoms with van der Waals surface area (Å²) in [7, 11) is 1.52. The summed E-state index contributed by atoms with van der Waals surface area (Å²) in [6.45, 7) is 8.30. The molecule has 0 saturated carbocycles. The van der Waals surface area contributed by atoms with E-state index < -0.39 is 17.8 Å². The van der Waals surface area contributed by atoms with Gasteiger partial charge in [-0.05, 0) is 85.7 Å². The van der Waals surface area contributed by atoms with E-state index in [1.165, 1.54) is 19.3 Å². The number of ether oxygens (including phenoxy) is 4. The molecule has 4 amide bonds. The standard InChI is InChI=1S/C26H29IN2O7/c1-6-15(4)36-23-19(27)12-16(13-22(23)33-5)11-18-24(30)28-26(32)29(25(18)31)20-14-17(34-7-2)9-10-21(20)35-8-3/h9-15H,6-8H2,1-5H3,(H,28,30,32)/b18-11+/t15-/m0/s1. The molecule has 9 nitrogen and oxygen atoms in total. The number of carbonyl (C=O) groups excluding carboxylic acids is 3. The third-order valence-corrected chi connectivity index (χ3v) is 6.14. The van der Waals surface area contributed by atoms with Crippen LogP contribution in [-0.4, -0.2) is 44.3 Å². The van der Waals surface area contributed by atoms with Crippen molar-refractivity contribution >= 4 is 52.2 Å². The van der Waals surface area contributed by atoms with Crippen LogP contribution in [0.3, 0.4) is 0 Å². The number of halogens is 1. The Kier molecular flexibility index (Phi) is 9.19. The minimum atomic E-state index is -0.874. The van der Waals surface area contributed by atoms with Gasteiger partial charge in [0.15, 0.2) is 11.5 Å². The number of benzene rings is 2. The highest BCUT2D eigenvalue weighted by molar-refractivity contribution is 14.1. The van der Waals surface area contributed by atoms with Crippen LogP contribution in [-0.2, 0) is 9.59 Å². The molecule has 0 spiro atoms. The lowest BCUT2D eigenvalue weighted by atomic mass is 10.1. The maximum absolute atomic E-state index is 13.5. The summed E-state index contributed by atoms with van der Waals surface area (Å²) in [6.07, 6.45) is 2.22. The molecule has 0 radical (unpaired) electrons. The predicted octanol–water partition coefficient (Wildman–Crippen LogP) is 4.94. The Labute approximate surface area is 223 Å². The summed E-state index contributed by atoms with van der Waals surface area (Å²) in [5, 5.41) is 2.24. The van der Waals surface area contributed by atoms with Crippen LogP contribution >= 0.6 is 22.6 Å². The summed E-state index contributed by atoms with van der Waals surface area (Å²) in [5.41, 5.74) is 0.495. The first kappa shape index (κ1) is 27.3. The number of hydrogen-bond donors (Lipinski definition) is 1. The molecule has 0 aromatic heterocycles. The van der Waals surface area contributed by atoms with Crippen molar-refractivity contribution < 1.29 is 33.3 Å². The summed E-state index contributed by atoms with van der Waals surface area (Å²) < 4.78 is 23.4. The van der Waals surface area contributed by atoms with E-state index in [0.717, 1.165) is 14.9 Å². The van der Waals surface area contributed by atoms with Crippen LogP contribution < -0.4 is 29.2 Å². The van der Waals surface area contributed by atoms with Crippen LogP contribution in [0.25, 0.3) is 6.08 Å². The van der Waals surface area contributed by atoms with Crippen molar-refractivity contribution in [1.82, 2.24) is 5.32 Å². The Morgan fingerprint density at radius 1 is 1.03 bits per heavy atom. The maximum Gasteiger partial charge on any atom is 0.336 e. The van der Waals surface area contributed by atoms with Crippen molar-refractivity contribution in [1.29, 1.82) is 0 Å². The van der Waals surface area contributed by atoms with Crippen LogP contribution in [0.5, 0.6) is 23.0 Å². The zero-order valence-electron chi connectivity index (χ0n) is 20.8. The number of nitrogens with one attached hydrogen (secondary N) is 1. The highest BCUT2D eigenvalue weighted by Gasteiger charge is 2.38. The smallest absolute Gasteiger partial charge is 0.336 e. The summed E-state index contributed by atoms with van der Waals surface area (Å²) in [5.74, 6) is 0.228. The van der Waals surface area contributed by atoms with Gasteiger partial charge in [0.2, 0.25) is 0 Å². The van der Waals surface area contributed by atoms with Gasteiger partial charge in [0.25, 0.3) is 11.8 Å². The summed E-state index contributed by atoms with van der Waals surface area (Å²) in [6, 6.07) is 7.41. The van der Waals surface area contributed by atoms with Gasteiger partial charge in [-0.2, -0.15) is 0 Å². The molecule has 1 heterocycles. The van der Waals surface area contributed by atoms with Crippen molar-refractivity contribution in [3.05, 3.63) is 45.0 Å². The van der Waals surface area contributed by atoms with Gasteiger partial charge >= 0.3 is 6.03 Å². The topological polar surface area (TPSA) is 103 Å². The van der Waals surface area contributed by atoms with Gasteiger partial charge in [0, 0.05) is 6.07 Å². The molecule has 0 unspecified atom stereocenters. The molecule has 10 heteroatoms. The second-order valence-electron chi connectivity index (χ2n) is 7.82. The number of carbonyl (C=O) groups is 3. The Morgan fingerprint density at radius 2 is 1.75 bits per heavy atom. The normalized spacial score (nSPS) is 15.6. The molecule has 3 rings (SSSR count). The molecule has 1 saturated heterocycles. The third kappa shape index (κ3) is 5.92. The second-order valence-corrected chi connectivity index (χ2v) is 8.99. The number of barbiturate groups is 1. The Balaban J connectivity index is 2.06. The summed E-state index contributed by atoms with van der Waals surface area (Å²) in [4.78, 5) is 39.9. The number of urea groups is 1. The highest BCUT2D eigenvalue weighted by Crippen LogP contribution is 2.37. The molecule has 36 heavy (non-hydrogen) atoms. The van der Waals surface area contributed by atoms with Gasteiger partial charge in [-0.3, -0.25) is 14.9 Å². The zero-order chi connectivity index (χ0) is 26.4. The third-order valence-electron chi connectivity index (χ3n) is 5.34. The fourth-order valence-corrected chi connectivity index (χ4v) is 4.22. The first-order valence-corrected chi connectivity index (χ1v) is 12.7. The van der Waals surface area contributed by atoms with E-state index in [4.69, 9.17) is 18.9 Å². The molecular weight excluding hydrogens is 579 g/mol. The average molecular weight is 608 g/mol. The van der Waals surface area contributed by atoms with Crippen LogP contribution in [0.1, 0.15) is 39.7 Å². The molecule has 2 aromatic carbocycles. The molecule has 1 aliphatic heterocycles. The quantitative estimate of drug-likeness (QED) is 0.232. The second kappa shape index (κ2) is 12.1. The highest BCUT2D eigenvalue weighted by atomic mass is 127. The first-order valence-electron chi connectivity index (χ1n) is 11.6. The van der Waals surface area contributed by atoms with Crippen LogP contribution in [0.15, 0.2) is 35.9 Å². The Hall–Kier alpha value is -3.28. The van der Waals surface area contributed by atoms with Gasteiger partial charge in [-0.25, -0.2) is 9.69 Å². The van der Waals surface area contributed by atoms with E-state index in [1.807, 2.05) is 20.8 Å². The minimum absolute atomic E-state index is 0.0196. The minimum Gasteiger partial charge on any atom is -0.494 e. The van der Waals surface area contributed by atoms with Crippen molar-refractivity contribution in [2.45, 2.75) is 40.2 Å². The first-order chi connectivity index (χ1) is 17.2. The van der Waals surface area contributed by atoms with Crippen molar-refractivity contribution in [2.75, 3.05) is 25.2 Å². The molecule has 1 N–H and O–H groups in total. The summed E-state index contributed by atoms with van der Waals surface area (Å²) >= 11 is 2.12. The molecule has 192 valence electrons. The lowest BCUT2D eigenvalue weighted by Crippen LogP contribution is -2.54. The molecule has 1 atom stereocenters. The molecule has 1 aliphatic rings. The average Bonchev–Trinajstić information content (AvgIpc) is 2.84. The van der Waals surface area contributed by atoms with E-state index in [2.05, 4.69) is 27.9 Å². The van der Waals surface area contributed by atoms with E-state index in [1.54, 1.807) is 31.2 Å². The van der Waals surface area contributed by atoms with Gasteiger partial charge in [0.05, 0.1) is 35.7 Å². The van der Waals surface area contributed by atoms with Crippen LogP contribution in [0, 0.1) is 3.57 Å². The number of imide groups is 2. The monoisotopic (exact) mass is 608 g/mol. The van der Waals surface area contributed by atoms with Crippen molar-refractivity contribution in [2.24, 2.45) is 0 Å². The molecular formula is C26H29IN2O7. The zero-order valence-corrected chi connectivity index (χ0v) is 23.0. The number of hydrogen-bond acceptors (Lipinski definition) is 7. The lowest BCUT2D eigenvalue weighted by molar-refractivity contribution is -0.122. The van der Waals surface area contributed by atoms with E-state index >= 15 is 0 Å². The Morgan fingerprint density at radius 3 is 2.39 bits per heavy atom. The molecule has 1 fully saturated rings. The molecule has 2 aromatic rings. The number of nitrogens with zero attached hydrogens (tertiary/aromatic N) is 1. The Bertz CT molecular complexity index is 1200. The van der Waals surface area contributed by atoms with Crippen molar-refractivity contribution in [3.63, 3.8) is 0 Å². The number of methoxy groups -OCH3 is 1. The van der Waals surface area contributed by atoms with Crippen LogP contribution in [0.4, 0.5) is 10.5 Å². The number of anilines is 1. The van der Waals surface area contributed by atoms with E-state index in [9.17, 15) is 14.4 Å². The van der Waals surface area contributed by atoms with E-state index in [0.29, 0.717) is 41.8 Å². The SMILES string of the molecule is CCOc1ccc(OCC)c(N2C(=O)NC(=O)/C(=C\c3cc(I)c(O[C@@H](C)CC)c(OC)c3)C2=O)c1. The van der Waals surface area contributed by atoms with Crippen LogP contribution in [0.2, 0.25) is 0 Å². The predicted molar refractivity (Wildman–Crippen MR) is 144 cm³/mol. The number of amides is 4. The molecule has 0 bridgehead atoms. The maximum atomic E-state index is 13.5. The van der Waals surface area contributed by atoms with Crippen molar-refractivity contribution in [3.8, 4) is 23.0 Å².